The number of nitrogens with zero attached hydrogens (tertiary/aromatic N) is 3. The molecule has 7 nitrogen and oxygen atoms in total. The number of nitrogens with one attached hydrogen (secondary N) is 2. The Labute approximate surface area is 132 Å². The van der Waals surface area contributed by atoms with Gasteiger partial charge in [0.1, 0.15) is 5.65 Å². The van der Waals surface area contributed by atoms with Gasteiger partial charge >= 0.3 is 0 Å². The predicted octanol–water partition coefficient (Wildman–Crippen LogP) is 0.965. The number of fused-ring (bicyclic) bond motifs is 1. The molecule has 1 aliphatic rings. The summed E-state index contributed by atoms with van der Waals surface area (Å²) in [5, 5.41) is 13.2. The van der Waals surface area contributed by atoms with Gasteiger partial charge in [-0.15, -0.1) is 0 Å². The topological polar surface area (TPSA) is 94.1 Å². The maximum absolute atomic E-state index is 11.7. The molecule has 3 N–H and O–H groups in total. The highest BCUT2D eigenvalue weighted by atomic mass is 32.2. The number of hydrogen-bond donors (Lipinski definition) is 3. The molecule has 2 aromatic heterocycles. The molecule has 0 radical (unpaired) electrons. The van der Waals surface area contributed by atoms with Crippen molar-refractivity contribution in [3.8, 4) is 0 Å². The van der Waals surface area contributed by atoms with Crippen LogP contribution < -0.4 is 10.9 Å². The second kappa shape index (κ2) is 6.64. The highest BCUT2D eigenvalue weighted by molar-refractivity contribution is 7.96. The van der Waals surface area contributed by atoms with Crippen LogP contribution in [-0.4, -0.2) is 49.8 Å². The van der Waals surface area contributed by atoms with Gasteiger partial charge in [-0.25, -0.2) is 4.98 Å². The van der Waals surface area contributed by atoms with Gasteiger partial charge in [-0.2, -0.15) is 4.98 Å². The van der Waals surface area contributed by atoms with Crippen LogP contribution in [0.25, 0.3) is 11.0 Å². The van der Waals surface area contributed by atoms with E-state index in [1.807, 2.05) is 0 Å². The minimum absolute atomic E-state index is 0.292. The summed E-state index contributed by atoms with van der Waals surface area (Å²) < 4.78 is 2.34. The zero-order valence-electron chi connectivity index (χ0n) is 12.4. The number of aromatic nitrogens is 3. The minimum Gasteiger partial charge on any atom is -0.391 e. The Morgan fingerprint density at radius 3 is 2.95 bits per heavy atom. The summed E-state index contributed by atoms with van der Waals surface area (Å²) in [6.45, 7) is 1.80. The number of H-pyrrole nitrogens is 1. The first-order valence-corrected chi connectivity index (χ1v) is 8.43. The fraction of sp³-hybridized carbons (Fsp3) is 0.500. The van der Waals surface area contributed by atoms with Gasteiger partial charge in [0.05, 0.1) is 6.61 Å². The molecule has 0 aromatic carbocycles. The molecule has 0 amide bonds. The van der Waals surface area contributed by atoms with Gasteiger partial charge in [0.25, 0.3) is 5.56 Å². The van der Waals surface area contributed by atoms with Gasteiger partial charge < -0.3 is 15.4 Å². The number of aliphatic hydroxyl groups is 1. The molecule has 0 atom stereocenters. The van der Waals surface area contributed by atoms with Crippen molar-refractivity contribution < 1.29 is 5.11 Å². The normalized spacial score (nSPS) is 17.0. The van der Waals surface area contributed by atoms with Crippen molar-refractivity contribution >= 4 is 28.9 Å². The van der Waals surface area contributed by atoms with E-state index in [1.165, 1.54) is 0 Å². The monoisotopic (exact) mass is 321 g/mol. The average Bonchev–Trinajstić information content (AvgIpc) is 2.55. The highest BCUT2D eigenvalue weighted by Gasteiger charge is 2.19. The van der Waals surface area contributed by atoms with Crippen molar-refractivity contribution in [2.45, 2.75) is 25.5 Å². The maximum atomic E-state index is 11.7. The number of aromatic amines is 1. The molecule has 1 aliphatic heterocycles. The van der Waals surface area contributed by atoms with E-state index in [9.17, 15) is 4.79 Å². The summed E-state index contributed by atoms with van der Waals surface area (Å²) in [5.41, 5.74) is 0.496. The van der Waals surface area contributed by atoms with Gasteiger partial charge in [0, 0.05) is 36.3 Å². The number of hydrogen-bond acceptors (Lipinski definition) is 7. The first kappa shape index (κ1) is 15.3. The zero-order chi connectivity index (χ0) is 15.5. The van der Waals surface area contributed by atoms with Crippen molar-refractivity contribution in [1.29, 1.82) is 0 Å². The van der Waals surface area contributed by atoms with E-state index >= 15 is 0 Å². The van der Waals surface area contributed by atoms with E-state index in [0.29, 0.717) is 28.6 Å². The summed E-state index contributed by atoms with van der Waals surface area (Å²) in [6.07, 6.45) is 5.85. The number of anilines is 1. The standard InChI is InChI=1S/C14H19N5O2S/c1-22-19-4-2-11(3-5-19)16-14-15-7-9-6-10(8-20)13(21)17-12(9)18-14/h6-7,11,20H,2-5,8H2,1H3,(H2,15,16,17,18,21). The number of aliphatic hydroxyl groups excluding tert-OH is 1. The third-order valence-electron chi connectivity index (χ3n) is 3.89. The molecule has 0 bridgehead atoms. The van der Waals surface area contributed by atoms with Crippen LogP contribution in [0.4, 0.5) is 5.95 Å². The molecule has 2 aromatic rings. The Morgan fingerprint density at radius 1 is 1.50 bits per heavy atom. The van der Waals surface area contributed by atoms with Gasteiger partial charge in [-0.3, -0.25) is 9.10 Å². The average molecular weight is 321 g/mol. The summed E-state index contributed by atoms with van der Waals surface area (Å²) in [4.78, 5) is 23.1. The molecular weight excluding hydrogens is 302 g/mol. The first-order valence-electron chi connectivity index (χ1n) is 7.25. The van der Waals surface area contributed by atoms with E-state index in [-0.39, 0.29) is 12.2 Å². The molecular formula is C14H19N5O2S. The van der Waals surface area contributed by atoms with Gasteiger partial charge in [0.15, 0.2) is 0 Å². The number of rotatable bonds is 4. The van der Waals surface area contributed by atoms with Crippen LogP contribution in [0.2, 0.25) is 0 Å². The van der Waals surface area contributed by atoms with Crippen LogP contribution >= 0.6 is 11.9 Å². The third kappa shape index (κ3) is 3.23. The molecule has 118 valence electrons. The Balaban J connectivity index is 1.76. The van der Waals surface area contributed by atoms with Gasteiger partial charge in [-0.05, 0) is 25.2 Å². The van der Waals surface area contributed by atoms with E-state index < -0.39 is 0 Å². The molecule has 22 heavy (non-hydrogen) atoms. The van der Waals surface area contributed by atoms with Crippen LogP contribution in [0.3, 0.4) is 0 Å². The predicted molar refractivity (Wildman–Crippen MR) is 87.8 cm³/mol. The first-order chi connectivity index (χ1) is 10.7. The third-order valence-corrected chi connectivity index (χ3v) is 4.77. The summed E-state index contributed by atoms with van der Waals surface area (Å²) >= 11 is 1.78. The Kier molecular flexibility index (Phi) is 4.60. The van der Waals surface area contributed by atoms with Crippen LogP contribution in [0.5, 0.6) is 0 Å². The molecule has 3 rings (SSSR count). The second-order valence-corrected chi connectivity index (χ2v) is 6.19. The lowest BCUT2D eigenvalue weighted by Crippen LogP contribution is -2.35. The van der Waals surface area contributed by atoms with Crippen LogP contribution in [0.15, 0.2) is 17.1 Å². The molecule has 1 saturated heterocycles. The molecule has 1 fully saturated rings. The summed E-state index contributed by atoms with van der Waals surface area (Å²) in [5.74, 6) is 0.530. The highest BCUT2D eigenvalue weighted by Crippen LogP contribution is 2.19. The summed E-state index contributed by atoms with van der Waals surface area (Å²) in [7, 11) is 0. The van der Waals surface area contributed by atoms with E-state index in [0.717, 1.165) is 25.9 Å². The largest absolute Gasteiger partial charge is 0.391 e. The van der Waals surface area contributed by atoms with E-state index in [1.54, 1.807) is 24.2 Å². The lowest BCUT2D eigenvalue weighted by atomic mass is 10.1. The number of pyridine rings is 1. The Morgan fingerprint density at radius 2 is 2.27 bits per heavy atom. The van der Waals surface area contributed by atoms with Crippen LogP contribution in [0.1, 0.15) is 18.4 Å². The quantitative estimate of drug-likeness (QED) is 0.722. The van der Waals surface area contributed by atoms with E-state index in [2.05, 4.69) is 30.8 Å². The lowest BCUT2D eigenvalue weighted by molar-refractivity contribution is 0.280. The molecule has 0 spiro atoms. The Bertz CT molecular complexity index is 712. The van der Waals surface area contributed by atoms with Crippen molar-refractivity contribution in [3.05, 3.63) is 28.2 Å². The fourth-order valence-electron chi connectivity index (χ4n) is 2.59. The fourth-order valence-corrected chi connectivity index (χ4v) is 3.17. The van der Waals surface area contributed by atoms with Crippen molar-refractivity contribution in [3.63, 3.8) is 0 Å². The van der Waals surface area contributed by atoms with E-state index in [4.69, 9.17) is 5.11 Å². The zero-order valence-corrected chi connectivity index (χ0v) is 13.2. The maximum Gasteiger partial charge on any atom is 0.255 e. The molecule has 0 unspecified atom stereocenters. The molecule has 0 saturated carbocycles. The van der Waals surface area contributed by atoms with Crippen molar-refractivity contribution in [2.75, 3.05) is 24.7 Å². The molecule has 8 heteroatoms. The SMILES string of the molecule is CSN1CCC(Nc2ncc3cc(CO)c(=O)[nH]c3n2)CC1. The summed E-state index contributed by atoms with van der Waals surface area (Å²) in [6, 6.07) is 1.97. The molecule has 0 aliphatic carbocycles. The van der Waals surface area contributed by atoms with Crippen molar-refractivity contribution in [2.24, 2.45) is 0 Å². The minimum atomic E-state index is -0.312. The number of piperidine rings is 1. The van der Waals surface area contributed by atoms with Gasteiger partial charge in [0.2, 0.25) is 5.95 Å². The lowest BCUT2D eigenvalue weighted by Gasteiger charge is -2.30. The Hall–Kier alpha value is -1.64. The second-order valence-electron chi connectivity index (χ2n) is 5.31. The van der Waals surface area contributed by atoms with Crippen LogP contribution in [-0.2, 0) is 6.61 Å². The smallest absolute Gasteiger partial charge is 0.255 e. The molecule has 3 heterocycles. The van der Waals surface area contributed by atoms with Crippen molar-refractivity contribution in [1.82, 2.24) is 19.3 Å². The van der Waals surface area contributed by atoms with Gasteiger partial charge in [-0.1, -0.05) is 11.9 Å². The van der Waals surface area contributed by atoms with Crippen LogP contribution in [0, 0.1) is 0 Å².